The van der Waals surface area contributed by atoms with Gasteiger partial charge in [0.25, 0.3) is 5.89 Å². The van der Waals surface area contributed by atoms with Gasteiger partial charge in [-0.05, 0) is 24.3 Å². The Balaban J connectivity index is 1.38. The first-order valence-electron chi connectivity index (χ1n) is 10.6. The van der Waals surface area contributed by atoms with Gasteiger partial charge < -0.3 is 19.0 Å². The van der Waals surface area contributed by atoms with Crippen LogP contribution in [0.25, 0.3) is 17.1 Å². The Morgan fingerprint density at radius 1 is 1.26 bits per heavy atom. The lowest BCUT2D eigenvalue weighted by atomic mass is 9.99. The summed E-state index contributed by atoms with van der Waals surface area (Å²) in [5, 5.41) is 16.0. The molecular weight excluding hydrogens is 464 g/mol. The number of ether oxygens (including phenoxy) is 1. The summed E-state index contributed by atoms with van der Waals surface area (Å²) < 4.78 is 38.8. The highest BCUT2D eigenvalue weighted by atomic mass is 19.3. The molecule has 0 spiro atoms. The van der Waals surface area contributed by atoms with Crippen molar-refractivity contribution in [3.8, 4) is 17.3 Å². The monoisotopic (exact) mass is 481 g/mol. The molecule has 1 unspecified atom stereocenters. The highest BCUT2D eigenvalue weighted by Crippen LogP contribution is 2.35. The van der Waals surface area contributed by atoms with Crippen molar-refractivity contribution in [1.82, 2.24) is 44.5 Å². The van der Waals surface area contributed by atoms with Crippen molar-refractivity contribution in [3.63, 3.8) is 0 Å². The van der Waals surface area contributed by atoms with E-state index >= 15 is 0 Å². The van der Waals surface area contributed by atoms with Gasteiger partial charge in [-0.15, -0.1) is 10.2 Å². The van der Waals surface area contributed by atoms with E-state index in [0.29, 0.717) is 34.8 Å². The largest absolute Gasteiger partial charge is 0.494 e. The topological polar surface area (TPSA) is 132 Å². The van der Waals surface area contributed by atoms with E-state index in [1.165, 1.54) is 6.07 Å². The van der Waals surface area contributed by atoms with Crippen molar-refractivity contribution < 1.29 is 22.7 Å². The average molecular weight is 481 g/mol. The van der Waals surface area contributed by atoms with Gasteiger partial charge in [0.15, 0.2) is 0 Å². The Morgan fingerprint density at radius 2 is 2.14 bits per heavy atom. The molecule has 1 N–H and O–H groups in total. The molecule has 0 radical (unpaired) electrons. The lowest BCUT2D eigenvalue weighted by Gasteiger charge is -2.32. The predicted molar refractivity (Wildman–Crippen MR) is 114 cm³/mol. The maximum atomic E-state index is 13.5. The summed E-state index contributed by atoms with van der Waals surface area (Å²) in [5.41, 5.74) is 2.89. The fourth-order valence-electron chi connectivity index (χ4n) is 4.21. The third-order valence-electron chi connectivity index (χ3n) is 5.80. The van der Waals surface area contributed by atoms with Crippen molar-refractivity contribution >= 4 is 11.4 Å². The van der Waals surface area contributed by atoms with E-state index in [9.17, 15) is 13.6 Å². The second kappa shape index (κ2) is 8.00. The first kappa shape index (κ1) is 20.9. The van der Waals surface area contributed by atoms with E-state index in [1.807, 2.05) is 18.2 Å². The minimum absolute atomic E-state index is 0.0362. The third kappa shape index (κ3) is 3.41. The van der Waals surface area contributed by atoms with E-state index in [2.05, 4.69) is 30.4 Å². The number of carbonyl (C=O) groups excluding carboxylic acids is 1. The Kier molecular flexibility index (Phi) is 4.79. The highest BCUT2D eigenvalue weighted by Gasteiger charge is 2.38. The van der Waals surface area contributed by atoms with Crippen LogP contribution in [0.5, 0.6) is 5.75 Å². The van der Waals surface area contributed by atoms with Gasteiger partial charge in [0.1, 0.15) is 23.0 Å². The highest BCUT2D eigenvalue weighted by molar-refractivity contribution is 5.90. The molecule has 12 nitrogen and oxygen atoms in total. The summed E-state index contributed by atoms with van der Waals surface area (Å²) in [7, 11) is 1.57. The molecule has 35 heavy (non-hydrogen) atoms. The molecule has 1 atom stereocenters. The molecule has 178 valence electrons. The van der Waals surface area contributed by atoms with Crippen LogP contribution >= 0.6 is 0 Å². The normalized spacial score (nSPS) is 15.7. The molecule has 0 saturated heterocycles. The summed E-state index contributed by atoms with van der Waals surface area (Å²) >= 11 is 0. The number of alkyl halides is 2. The Hall–Kier alpha value is -4.62. The van der Waals surface area contributed by atoms with Crippen molar-refractivity contribution in [2.75, 3.05) is 13.7 Å². The number of rotatable bonds is 5. The van der Waals surface area contributed by atoms with Crippen molar-refractivity contribution in [2.45, 2.75) is 19.0 Å². The molecule has 0 fully saturated rings. The number of fused-ring (bicyclic) bond motifs is 2. The molecular formula is C21H17F2N9O3. The van der Waals surface area contributed by atoms with Gasteiger partial charge in [-0.2, -0.15) is 19.0 Å². The van der Waals surface area contributed by atoms with Gasteiger partial charge in [0, 0.05) is 31.1 Å². The van der Waals surface area contributed by atoms with Crippen LogP contribution < -0.4 is 4.74 Å². The molecule has 0 aliphatic carbocycles. The van der Waals surface area contributed by atoms with Crippen LogP contribution in [0.4, 0.5) is 8.78 Å². The van der Waals surface area contributed by atoms with E-state index in [4.69, 9.17) is 9.15 Å². The molecule has 1 aliphatic heterocycles. The zero-order valence-corrected chi connectivity index (χ0v) is 18.2. The summed E-state index contributed by atoms with van der Waals surface area (Å²) in [5.74, 6) is -0.345. The number of nitrogens with zero attached hydrogens (tertiary/aromatic N) is 8. The van der Waals surface area contributed by atoms with Crippen LogP contribution in [0.3, 0.4) is 0 Å². The van der Waals surface area contributed by atoms with E-state index in [0.717, 1.165) is 17.4 Å². The van der Waals surface area contributed by atoms with E-state index < -0.39 is 18.5 Å². The zero-order chi connectivity index (χ0) is 24.1. The zero-order valence-electron chi connectivity index (χ0n) is 18.2. The van der Waals surface area contributed by atoms with Gasteiger partial charge in [0.05, 0.1) is 24.8 Å². The van der Waals surface area contributed by atoms with Crippen LogP contribution in [0.15, 0.2) is 47.4 Å². The number of hydrogen-bond donors (Lipinski definition) is 1. The summed E-state index contributed by atoms with van der Waals surface area (Å²) in [6, 6.07) is 6.14. The number of aromatic nitrogens is 8. The van der Waals surface area contributed by atoms with Gasteiger partial charge in [0.2, 0.25) is 0 Å². The van der Waals surface area contributed by atoms with Crippen LogP contribution in [0, 0.1) is 0 Å². The van der Waals surface area contributed by atoms with E-state index in [-0.39, 0.29) is 17.5 Å². The number of H-pyrrole nitrogens is 1. The minimum Gasteiger partial charge on any atom is -0.494 e. The number of carbonyl (C=O) groups is 1. The SMILES string of the molecule is COc1cccn2nc(C3c4nc[nH]c4CCN3C(=O)c3nnc(-c4ccn(C(F)F)n4)o3)cc12. The lowest BCUT2D eigenvalue weighted by molar-refractivity contribution is 0.0566. The number of halogens is 2. The Bertz CT molecular complexity index is 1540. The number of hydrogen-bond acceptors (Lipinski definition) is 8. The predicted octanol–water partition coefficient (Wildman–Crippen LogP) is 2.50. The molecule has 1 amide bonds. The summed E-state index contributed by atoms with van der Waals surface area (Å²) in [6.07, 6.45) is 4.98. The molecule has 5 aromatic rings. The second-order valence-electron chi connectivity index (χ2n) is 7.76. The van der Waals surface area contributed by atoms with Crippen LogP contribution in [0.2, 0.25) is 0 Å². The molecule has 1 aliphatic rings. The first-order chi connectivity index (χ1) is 17.0. The second-order valence-corrected chi connectivity index (χ2v) is 7.76. The maximum Gasteiger partial charge on any atom is 0.333 e. The standard InChI is InChI=1S/C21H17F2N9O3/c1-34-15-3-2-6-31-14(15)9-13(29-31)17-16-11(24-10-25-16)4-7-30(17)20(33)19-27-26-18(35-19)12-5-8-32(28-12)21(22)23/h2-3,5-6,8-10,17,21H,4,7H2,1H3,(H,24,25). The Morgan fingerprint density at radius 3 is 2.94 bits per heavy atom. The number of amides is 1. The van der Waals surface area contributed by atoms with Gasteiger partial charge in [-0.3, -0.25) is 4.79 Å². The summed E-state index contributed by atoms with van der Waals surface area (Å²) in [6.45, 7) is -2.48. The van der Waals surface area contributed by atoms with Crippen LogP contribution in [0.1, 0.15) is 40.4 Å². The molecule has 0 bridgehead atoms. The molecule has 0 aromatic carbocycles. The number of pyridine rings is 1. The minimum atomic E-state index is -2.81. The molecule has 5 aromatic heterocycles. The molecule has 6 heterocycles. The number of methoxy groups -OCH3 is 1. The van der Waals surface area contributed by atoms with Gasteiger partial charge in [-0.1, -0.05) is 0 Å². The number of nitrogens with one attached hydrogen (secondary N) is 1. The quantitative estimate of drug-likeness (QED) is 0.405. The molecule has 6 rings (SSSR count). The van der Waals surface area contributed by atoms with Crippen LogP contribution in [-0.4, -0.2) is 64.0 Å². The lowest BCUT2D eigenvalue weighted by Crippen LogP contribution is -2.41. The van der Waals surface area contributed by atoms with Crippen molar-refractivity contribution in [3.05, 3.63) is 66.0 Å². The molecule has 0 saturated carbocycles. The summed E-state index contributed by atoms with van der Waals surface area (Å²) in [4.78, 5) is 22.6. The molecule has 14 heteroatoms. The van der Waals surface area contributed by atoms with Crippen LogP contribution in [-0.2, 0) is 6.42 Å². The van der Waals surface area contributed by atoms with Crippen molar-refractivity contribution in [2.24, 2.45) is 0 Å². The van der Waals surface area contributed by atoms with Gasteiger partial charge in [-0.25, -0.2) is 14.2 Å². The fraction of sp³-hybridized carbons (Fsp3) is 0.238. The number of aromatic amines is 1. The number of imidazole rings is 1. The Labute approximate surface area is 195 Å². The van der Waals surface area contributed by atoms with Crippen molar-refractivity contribution in [1.29, 1.82) is 0 Å². The fourth-order valence-corrected chi connectivity index (χ4v) is 4.21. The average Bonchev–Trinajstić information content (AvgIpc) is 3.67. The smallest absolute Gasteiger partial charge is 0.333 e. The third-order valence-corrected chi connectivity index (χ3v) is 5.80. The maximum absolute atomic E-state index is 13.5. The first-order valence-corrected chi connectivity index (χ1v) is 10.6. The van der Waals surface area contributed by atoms with E-state index in [1.54, 1.807) is 29.0 Å². The van der Waals surface area contributed by atoms with Gasteiger partial charge >= 0.3 is 18.3 Å².